The molecule has 3 amide bonds. The number of benzene rings is 1. The number of likely N-dealkylation sites (tertiary alicyclic amines) is 1. The van der Waals surface area contributed by atoms with Gasteiger partial charge in [0.25, 0.3) is 5.91 Å². The largest absolute Gasteiger partial charge is 0.493 e. The Morgan fingerprint density at radius 3 is 2.52 bits per heavy atom. The average Bonchev–Trinajstić information content (AvgIpc) is 3.00. The molecule has 8 heteroatoms. The number of carbonyl (C=O) groups excluding carboxylic acids is 3. The second-order valence-corrected chi connectivity index (χ2v) is 6.83. The molecule has 0 bridgehead atoms. The summed E-state index contributed by atoms with van der Waals surface area (Å²) in [6, 6.07) is 5.05. The Hall–Kier alpha value is -3.03. The summed E-state index contributed by atoms with van der Waals surface area (Å²) in [7, 11) is 1.48. The van der Waals surface area contributed by atoms with Gasteiger partial charge in [-0.05, 0) is 36.6 Å². The number of methoxy groups -OCH3 is 1. The maximum Gasteiger partial charge on any atom is 0.255 e. The molecule has 0 unspecified atom stereocenters. The first-order chi connectivity index (χ1) is 14.0. The molecule has 0 aliphatic carbocycles. The smallest absolute Gasteiger partial charge is 0.255 e. The topological polar surface area (TPSA) is 111 Å². The van der Waals surface area contributed by atoms with Gasteiger partial charge in [0.2, 0.25) is 11.8 Å². The number of amides is 3. The van der Waals surface area contributed by atoms with E-state index in [0.717, 1.165) is 31.5 Å². The average molecular weight is 403 g/mol. The first kappa shape index (κ1) is 22.3. The van der Waals surface area contributed by atoms with Gasteiger partial charge in [-0.1, -0.05) is 18.9 Å². The lowest BCUT2D eigenvalue weighted by atomic mass is 10.2. The van der Waals surface area contributed by atoms with Crippen LogP contribution >= 0.6 is 0 Å². The van der Waals surface area contributed by atoms with Crippen molar-refractivity contribution in [1.82, 2.24) is 10.2 Å². The highest BCUT2D eigenvalue weighted by Gasteiger charge is 2.15. The van der Waals surface area contributed by atoms with Crippen LogP contribution in [0.25, 0.3) is 6.08 Å². The number of primary amides is 1. The Kier molecular flexibility index (Phi) is 9.01. The van der Waals surface area contributed by atoms with Crippen LogP contribution in [-0.2, 0) is 14.4 Å². The maximum atomic E-state index is 12.2. The first-order valence-electron chi connectivity index (χ1n) is 9.82. The normalized spacial score (nSPS) is 14.3. The van der Waals surface area contributed by atoms with Crippen molar-refractivity contribution in [2.24, 2.45) is 5.73 Å². The van der Waals surface area contributed by atoms with Crippen LogP contribution in [0.3, 0.4) is 0 Å². The fourth-order valence-electron chi connectivity index (χ4n) is 3.06. The minimum atomic E-state index is -0.581. The van der Waals surface area contributed by atoms with E-state index < -0.39 is 5.91 Å². The highest BCUT2D eigenvalue weighted by Crippen LogP contribution is 2.28. The maximum absolute atomic E-state index is 12.2. The van der Waals surface area contributed by atoms with Gasteiger partial charge in [-0.2, -0.15) is 0 Å². The van der Waals surface area contributed by atoms with Crippen LogP contribution in [0.15, 0.2) is 24.3 Å². The van der Waals surface area contributed by atoms with Gasteiger partial charge in [0, 0.05) is 32.1 Å². The highest BCUT2D eigenvalue weighted by molar-refractivity contribution is 5.92. The zero-order valence-electron chi connectivity index (χ0n) is 16.8. The van der Waals surface area contributed by atoms with Crippen molar-refractivity contribution in [1.29, 1.82) is 0 Å². The third kappa shape index (κ3) is 7.85. The minimum Gasteiger partial charge on any atom is -0.493 e. The van der Waals surface area contributed by atoms with E-state index in [1.165, 1.54) is 26.0 Å². The van der Waals surface area contributed by atoms with Crippen LogP contribution in [0.5, 0.6) is 11.5 Å². The number of nitrogens with zero attached hydrogens (tertiary/aromatic N) is 1. The van der Waals surface area contributed by atoms with Gasteiger partial charge in [-0.3, -0.25) is 14.4 Å². The van der Waals surface area contributed by atoms with Gasteiger partial charge in [0.05, 0.1) is 7.11 Å². The van der Waals surface area contributed by atoms with E-state index in [2.05, 4.69) is 5.32 Å². The fraction of sp³-hybridized carbons (Fsp3) is 0.476. The van der Waals surface area contributed by atoms with E-state index in [0.29, 0.717) is 24.5 Å². The van der Waals surface area contributed by atoms with Crippen LogP contribution in [0.2, 0.25) is 0 Å². The van der Waals surface area contributed by atoms with E-state index in [-0.39, 0.29) is 18.4 Å². The molecule has 1 aromatic rings. The molecule has 1 aliphatic rings. The fourth-order valence-corrected chi connectivity index (χ4v) is 3.06. The molecule has 0 spiro atoms. The molecule has 1 fully saturated rings. The van der Waals surface area contributed by atoms with Crippen molar-refractivity contribution >= 4 is 23.8 Å². The zero-order chi connectivity index (χ0) is 21.1. The predicted octanol–water partition coefficient (Wildman–Crippen LogP) is 1.48. The third-order valence-corrected chi connectivity index (χ3v) is 4.58. The number of carbonyl (C=O) groups is 3. The molecule has 8 nitrogen and oxygen atoms in total. The Bertz CT molecular complexity index is 740. The summed E-state index contributed by atoms with van der Waals surface area (Å²) in [6.07, 6.45) is 7.79. The minimum absolute atomic E-state index is 0.0902. The Morgan fingerprint density at radius 1 is 1.14 bits per heavy atom. The van der Waals surface area contributed by atoms with Crippen molar-refractivity contribution in [3.05, 3.63) is 29.8 Å². The van der Waals surface area contributed by atoms with Gasteiger partial charge >= 0.3 is 0 Å². The van der Waals surface area contributed by atoms with E-state index in [1.54, 1.807) is 24.3 Å². The van der Waals surface area contributed by atoms with Crippen molar-refractivity contribution in [3.8, 4) is 11.5 Å². The molecular formula is C21H29N3O5. The van der Waals surface area contributed by atoms with Gasteiger partial charge in [0.1, 0.15) is 0 Å². The standard InChI is InChI=1S/C21H29N3O5/c1-28-18-14-16(6-8-17(18)29-15-19(22)25)7-9-20(26)23-11-10-21(27)24-12-4-2-3-5-13-24/h6-9,14H,2-5,10-13,15H2,1H3,(H2,22,25)(H,23,26)/b9-7+. The summed E-state index contributed by atoms with van der Waals surface area (Å²) in [5.41, 5.74) is 5.79. The molecule has 1 aromatic carbocycles. The first-order valence-corrected chi connectivity index (χ1v) is 9.82. The number of ether oxygens (including phenoxy) is 2. The Labute approximate surface area is 171 Å². The van der Waals surface area contributed by atoms with Crippen LogP contribution in [0, 0.1) is 0 Å². The van der Waals surface area contributed by atoms with Crippen molar-refractivity contribution in [2.75, 3.05) is 33.4 Å². The predicted molar refractivity (Wildman–Crippen MR) is 109 cm³/mol. The second kappa shape index (κ2) is 11.7. The lowest BCUT2D eigenvalue weighted by Crippen LogP contribution is -2.34. The summed E-state index contributed by atoms with van der Waals surface area (Å²) in [4.78, 5) is 36.9. The third-order valence-electron chi connectivity index (χ3n) is 4.58. The van der Waals surface area contributed by atoms with Crippen LogP contribution in [0.4, 0.5) is 0 Å². The summed E-state index contributed by atoms with van der Waals surface area (Å²) in [5.74, 6) is 0.0490. The number of nitrogens with two attached hydrogens (primary N) is 1. The molecular weight excluding hydrogens is 374 g/mol. The molecule has 1 saturated heterocycles. The van der Waals surface area contributed by atoms with Crippen LogP contribution in [-0.4, -0.2) is 56.0 Å². The summed E-state index contributed by atoms with van der Waals surface area (Å²) in [5, 5.41) is 2.73. The molecule has 3 N–H and O–H groups in total. The van der Waals surface area contributed by atoms with Crippen molar-refractivity contribution < 1.29 is 23.9 Å². The van der Waals surface area contributed by atoms with Gasteiger partial charge in [0.15, 0.2) is 18.1 Å². The molecule has 0 saturated carbocycles. The zero-order valence-corrected chi connectivity index (χ0v) is 16.8. The second-order valence-electron chi connectivity index (χ2n) is 6.83. The lowest BCUT2D eigenvalue weighted by Gasteiger charge is -2.20. The van der Waals surface area contributed by atoms with E-state index in [4.69, 9.17) is 15.2 Å². The number of hydrogen-bond donors (Lipinski definition) is 2. The Balaban J connectivity index is 1.80. The van der Waals surface area contributed by atoms with Crippen LogP contribution < -0.4 is 20.5 Å². The van der Waals surface area contributed by atoms with Crippen LogP contribution in [0.1, 0.15) is 37.7 Å². The number of nitrogens with one attached hydrogen (secondary N) is 1. The monoisotopic (exact) mass is 403 g/mol. The van der Waals surface area contributed by atoms with Crippen molar-refractivity contribution in [3.63, 3.8) is 0 Å². The van der Waals surface area contributed by atoms with Gasteiger partial charge < -0.3 is 25.4 Å². The van der Waals surface area contributed by atoms with Gasteiger partial charge in [-0.25, -0.2) is 0 Å². The van der Waals surface area contributed by atoms with Gasteiger partial charge in [-0.15, -0.1) is 0 Å². The molecule has 1 heterocycles. The molecule has 158 valence electrons. The molecule has 2 rings (SSSR count). The van der Waals surface area contributed by atoms with E-state index in [9.17, 15) is 14.4 Å². The molecule has 0 radical (unpaired) electrons. The summed E-state index contributed by atoms with van der Waals surface area (Å²) < 4.78 is 10.5. The number of rotatable bonds is 9. The van der Waals surface area contributed by atoms with Crippen molar-refractivity contribution in [2.45, 2.75) is 32.1 Å². The SMILES string of the molecule is COc1cc(/C=C/C(=O)NCCC(=O)N2CCCCCC2)ccc1OCC(N)=O. The number of hydrogen-bond acceptors (Lipinski definition) is 5. The summed E-state index contributed by atoms with van der Waals surface area (Å²) in [6.45, 7) is 1.69. The molecule has 0 aromatic heterocycles. The molecule has 1 aliphatic heterocycles. The molecule has 0 atom stereocenters. The molecule has 29 heavy (non-hydrogen) atoms. The summed E-state index contributed by atoms with van der Waals surface area (Å²) >= 11 is 0. The highest BCUT2D eigenvalue weighted by atomic mass is 16.5. The quantitative estimate of drug-likeness (QED) is 0.607. The van der Waals surface area contributed by atoms with E-state index in [1.807, 2.05) is 4.90 Å². The van der Waals surface area contributed by atoms with E-state index >= 15 is 0 Å². The lowest BCUT2D eigenvalue weighted by molar-refractivity contribution is -0.131. The Morgan fingerprint density at radius 2 is 1.86 bits per heavy atom.